The van der Waals surface area contributed by atoms with Gasteiger partial charge >= 0.3 is 0 Å². The maximum atomic E-state index is 3.67. The van der Waals surface area contributed by atoms with Crippen LogP contribution in [0.4, 0.5) is 0 Å². The van der Waals surface area contributed by atoms with Crippen molar-refractivity contribution in [2.24, 2.45) is 5.92 Å². The highest BCUT2D eigenvalue weighted by molar-refractivity contribution is 8.06. The maximum absolute atomic E-state index is 3.67. The van der Waals surface area contributed by atoms with Crippen LogP contribution in [0, 0.1) is 5.92 Å². The van der Waals surface area contributed by atoms with E-state index in [9.17, 15) is 0 Å². The van der Waals surface area contributed by atoms with Gasteiger partial charge in [-0.05, 0) is 12.5 Å². The van der Waals surface area contributed by atoms with Crippen molar-refractivity contribution in [3.8, 4) is 0 Å². The second kappa shape index (κ2) is 7.02. The zero-order chi connectivity index (χ0) is 10.4. The number of rotatable bonds is 5. The quantitative estimate of drug-likeness (QED) is 0.784. The first-order chi connectivity index (χ1) is 6.79. The second-order valence-electron chi connectivity index (χ2n) is 3.95. The van der Waals surface area contributed by atoms with E-state index in [4.69, 9.17) is 0 Å². The van der Waals surface area contributed by atoms with Crippen molar-refractivity contribution in [3.05, 3.63) is 0 Å². The van der Waals surface area contributed by atoms with E-state index in [-0.39, 0.29) is 0 Å². The van der Waals surface area contributed by atoms with Crippen molar-refractivity contribution < 1.29 is 0 Å². The maximum Gasteiger partial charge on any atom is 0.0294 e. The van der Waals surface area contributed by atoms with Gasteiger partial charge in [0.05, 0.1) is 0 Å². The molecule has 1 aliphatic rings. The zero-order valence-corrected chi connectivity index (χ0v) is 11.2. The van der Waals surface area contributed by atoms with Crippen LogP contribution in [0.25, 0.3) is 0 Å². The van der Waals surface area contributed by atoms with Gasteiger partial charge in [0.25, 0.3) is 0 Å². The van der Waals surface area contributed by atoms with E-state index in [1.807, 2.05) is 0 Å². The Balaban J connectivity index is 2.46. The van der Waals surface area contributed by atoms with Gasteiger partial charge in [-0.2, -0.15) is 23.5 Å². The Morgan fingerprint density at radius 2 is 2.14 bits per heavy atom. The van der Waals surface area contributed by atoms with Gasteiger partial charge in [-0.15, -0.1) is 0 Å². The van der Waals surface area contributed by atoms with Gasteiger partial charge in [0.1, 0.15) is 0 Å². The third kappa shape index (κ3) is 3.67. The molecule has 0 saturated carbocycles. The molecule has 84 valence electrons. The summed E-state index contributed by atoms with van der Waals surface area (Å²) in [6.07, 6.45) is 1.29. The zero-order valence-electron chi connectivity index (χ0n) is 9.58. The lowest BCUT2D eigenvalue weighted by Crippen LogP contribution is -2.45. The Bertz CT molecular complexity index is 146. The molecule has 3 unspecified atom stereocenters. The van der Waals surface area contributed by atoms with E-state index in [1.54, 1.807) is 0 Å². The van der Waals surface area contributed by atoms with Crippen LogP contribution in [-0.4, -0.2) is 35.1 Å². The van der Waals surface area contributed by atoms with Crippen molar-refractivity contribution >= 4 is 23.5 Å². The molecule has 1 heterocycles. The average Bonchev–Trinajstić information content (AvgIpc) is 2.26. The normalized spacial score (nSPS) is 27.2. The van der Waals surface area contributed by atoms with Crippen LogP contribution in [0.5, 0.6) is 0 Å². The molecule has 1 nitrogen and oxygen atoms in total. The van der Waals surface area contributed by atoms with Crippen LogP contribution in [0.3, 0.4) is 0 Å². The van der Waals surface area contributed by atoms with Crippen LogP contribution in [0.15, 0.2) is 0 Å². The highest BCUT2D eigenvalue weighted by Gasteiger charge is 2.27. The standard InChI is InChI=1S/C11H23NS2/c1-4-9(3)11(12-5-2)10-8-13-6-7-14-10/h9-12H,4-8H2,1-3H3. The summed E-state index contributed by atoms with van der Waals surface area (Å²) in [6.45, 7) is 8.01. The van der Waals surface area contributed by atoms with Gasteiger partial charge in [-0.3, -0.25) is 0 Å². The number of nitrogens with one attached hydrogen (secondary N) is 1. The largest absolute Gasteiger partial charge is 0.313 e. The van der Waals surface area contributed by atoms with Crippen LogP contribution in [0.2, 0.25) is 0 Å². The molecule has 1 fully saturated rings. The molecular formula is C11H23NS2. The van der Waals surface area contributed by atoms with Gasteiger partial charge in [0, 0.05) is 28.6 Å². The second-order valence-corrected chi connectivity index (χ2v) is 6.45. The summed E-state index contributed by atoms with van der Waals surface area (Å²) in [5.41, 5.74) is 0. The summed E-state index contributed by atoms with van der Waals surface area (Å²) < 4.78 is 0. The molecular weight excluding hydrogens is 210 g/mol. The lowest BCUT2D eigenvalue weighted by atomic mass is 9.96. The Kier molecular flexibility index (Phi) is 6.38. The first kappa shape index (κ1) is 12.7. The SMILES string of the molecule is CCNC(C(C)CC)C1CSCCS1. The Morgan fingerprint density at radius 1 is 1.36 bits per heavy atom. The topological polar surface area (TPSA) is 12.0 Å². The first-order valence-corrected chi connectivity index (χ1v) is 7.92. The average molecular weight is 233 g/mol. The van der Waals surface area contributed by atoms with Crippen LogP contribution in [-0.2, 0) is 0 Å². The molecule has 3 atom stereocenters. The van der Waals surface area contributed by atoms with Crippen molar-refractivity contribution in [1.29, 1.82) is 0 Å². The van der Waals surface area contributed by atoms with E-state index in [0.717, 1.165) is 23.8 Å². The molecule has 0 amide bonds. The minimum absolute atomic E-state index is 0.725. The third-order valence-electron chi connectivity index (χ3n) is 2.94. The predicted molar refractivity (Wildman–Crippen MR) is 70.5 cm³/mol. The molecule has 0 aliphatic carbocycles. The smallest absolute Gasteiger partial charge is 0.0294 e. The van der Waals surface area contributed by atoms with Crippen molar-refractivity contribution in [2.75, 3.05) is 23.8 Å². The summed E-state index contributed by atoms with van der Waals surface area (Å²) in [4.78, 5) is 0. The fourth-order valence-corrected chi connectivity index (χ4v) is 4.91. The summed E-state index contributed by atoms with van der Waals surface area (Å²) >= 11 is 4.30. The van der Waals surface area contributed by atoms with Gasteiger partial charge in [0.2, 0.25) is 0 Å². The molecule has 1 saturated heterocycles. The van der Waals surface area contributed by atoms with Gasteiger partial charge in [0.15, 0.2) is 0 Å². The van der Waals surface area contributed by atoms with Gasteiger partial charge in [-0.1, -0.05) is 27.2 Å². The Morgan fingerprint density at radius 3 is 2.64 bits per heavy atom. The van der Waals surface area contributed by atoms with E-state index in [1.165, 1.54) is 23.7 Å². The number of hydrogen-bond donors (Lipinski definition) is 1. The molecule has 14 heavy (non-hydrogen) atoms. The van der Waals surface area contributed by atoms with Crippen molar-refractivity contribution in [1.82, 2.24) is 5.32 Å². The fraction of sp³-hybridized carbons (Fsp3) is 1.00. The van der Waals surface area contributed by atoms with Crippen molar-refractivity contribution in [2.45, 2.75) is 38.5 Å². The molecule has 0 aromatic rings. The first-order valence-electron chi connectivity index (χ1n) is 5.72. The molecule has 1 N–H and O–H groups in total. The summed E-state index contributed by atoms with van der Waals surface area (Å²) in [5.74, 6) is 4.84. The van der Waals surface area contributed by atoms with Gasteiger partial charge in [-0.25, -0.2) is 0 Å². The number of thioether (sulfide) groups is 2. The van der Waals surface area contributed by atoms with Crippen LogP contribution < -0.4 is 5.32 Å². The third-order valence-corrected chi connectivity index (χ3v) is 5.82. The molecule has 0 bridgehead atoms. The molecule has 1 rings (SSSR count). The predicted octanol–water partition coefficient (Wildman–Crippen LogP) is 2.86. The van der Waals surface area contributed by atoms with E-state index in [0.29, 0.717) is 0 Å². The summed E-state index contributed by atoms with van der Waals surface area (Å²) in [5, 5.41) is 4.51. The highest BCUT2D eigenvalue weighted by atomic mass is 32.2. The number of hydrogen-bond acceptors (Lipinski definition) is 3. The molecule has 1 aliphatic heterocycles. The molecule has 0 radical (unpaired) electrons. The fourth-order valence-electron chi connectivity index (χ4n) is 1.90. The van der Waals surface area contributed by atoms with E-state index >= 15 is 0 Å². The highest BCUT2D eigenvalue weighted by Crippen LogP contribution is 2.29. The van der Waals surface area contributed by atoms with E-state index < -0.39 is 0 Å². The molecule has 0 aromatic heterocycles. The minimum atomic E-state index is 0.725. The molecule has 0 spiro atoms. The monoisotopic (exact) mass is 233 g/mol. The Labute approximate surface area is 97.2 Å². The van der Waals surface area contributed by atoms with Crippen LogP contribution in [0.1, 0.15) is 27.2 Å². The van der Waals surface area contributed by atoms with Crippen LogP contribution >= 0.6 is 23.5 Å². The minimum Gasteiger partial charge on any atom is -0.313 e. The van der Waals surface area contributed by atoms with Gasteiger partial charge < -0.3 is 5.32 Å². The molecule has 0 aromatic carbocycles. The molecule has 3 heteroatoms. The lowest BCUT2D eigenvalue weighted by Gasteiger charge is -2.33. The summed E-state index contributed by atoms with van der Waals surface area (Å²) in [6, 6.07) is 0.725. The summed E-state index contributed by atoms with van der Waals surface area (Å²) in [7, 11) is 0. The van der Waals surface area contributed by atoms with Crippen molar-refractivity contribution in [3.63, 3.8) is 0 Å². The lowest BCUT2D eigenvalue weighted by molar-refractivity contribution is 0.372. The Hall–Kier alpha value is 0.660. The van der Waals surface area contributed by atoms with E-state index in [2.05, 4.69) is 49.6 Å².